The molecule has 0 aliphatic rings. The van der Waals surface area contributed by atoms with Gasteiger partial charge in [0.1, 0.15) is 5.60 Å². The highest BCUT2D eigenvalue weighted by Gasteiger charge is 2.26. The summed E-state index contributed by atoms with van der Waals surface area (Å²) in [4.78, 5) is 4.51. The van der Waals surface area contributed by atoms with Gasteiger partial charge in [-0.2, -0.15) is 0 Å². The average Bonchev–Trinajstić information content (AvgIpc) is 2.46. The largest absolute Gasteiger partial charge is 0.379 e. The molecule has 2 aromatic rings. The zero-order valence-corrected chi connectivity index (χ0v) is 11.4. The van der Waals surface area contributed by atoms with E-state index in [2.05, 4.69) is 4.99 Å². The van der Waals surface area contributed by atoms with Crippen molar-refractivity contribution >= 4 is 5.71 Å². The van der Waals surface area contributed by atoms with Crippen LogP contribution in [-0.4, -0.2) is 10.8 Å². The number of nitrogens with zero attached hydrogens (tertiary/aromatic N) is 1. The number of aliphatic imine (C=N–C) groups is 1. The molecule has 0 saturated heterocycles. The van der Waals surface area contributed by atoms with Gasteiger partial charge in [0, 0.05) is 5.71 Å². The lowest BCUT2D eigenvalue weighted by Crippen LogP contribution is -2.30. The van der Waals surface area contributed by atoms with Crippen LogP contribution in [0.2, 0.25) is 0 Å². The molecule has 1 N–H and O–H groups in total. The lowest BCUT2D eigenvalue weighted by Gasteiger charge is -2.24. The maximum absolute atomic E-state index is 10.6. The minimum Gasteiger partial charge on any atom is -0.379 e. The van der Waals surface area contributed by atoms with Gasteiger partial charge in [0.05, 0.1) is 6.54 Å². The Kier molecular flexibility index (Phi) is 4.13. The molecule has 0 radical (unpaired) electrons. The summed E-state index contributed by atoms with van der Waals surface area (Å²) < 4.78 is 0. The van der Waals surface area contributed by atoms with Crippen LogP contribution in [0.15, 0.2) is 65.7 Å². The minimum atomic E-state index is -1.02. The van der Waals surface area contributed by atoms with Crippen molar-refractivity contribution in [2.45, 2.75) is 26.0 Å². The van der Waals surface area contributed by atoms with E-state index in [1.165, 1.54) is 0 Å². The zero-order chi connectivity index (χ0) is 13.7. The second-order valence-electron chi connectivity index (χ2n) is 4.83. The Morgan fingerprint density at radius 1 is 1.00 bits per heavy atom. The third kappa shape index (κ3) is 3.30. The molecule has 0 bridgehead atoms. The quantitative estimate of drug-likeness (QED) is 0.830. The third-order valence-electron chi connectivity index (χ3n) is 3.38. The summed E-state index contributed by atoms with van der Waals surface area (Å²) in [5.74, 6) is 0. The summed E-state index contributed by atoms with van der Waals surface area (Å²) in [5.41, 5.74) is 1.72. The van der Waals surface area contributed by atoms with Crippen LogP contribution in [0.1, 0.15) is 25.0 Å². The topological polar surface area (TPSA) is 32.6 Å². The molecule has 0 unspecified atom stereocenters. The Hall–Kier alpha value is -1.93. The van der Waals surface area contributed by atoms with E-state index in [0.29, 0.717) is 6.54 Å². The summed E-state index contributed by atoms with van der Waals surface area (Å²) in [7, 11) is 0. The Morgan fingerprint density at radius 3 is 2.11 bits per heavy atom. The van der Waals surface area contributed by atoms with Crippen molar-refractivity contribution in [1.29, 1.82) is 0 Å². The first kappa shape index (κ1) is 13.5. The fourth-order valence-electron chi connectivity index (χ4n) is 1.92. The summed E-state index contributed by atoms with van der Waals surface area (Å²) >= 11 is 0. The summed E-state index contributed by atoms with van der Waals surface area (Å²) in [6.45, 7) is 4.25. The molecule has 1 atom stereocenters. The first-order valence-corrected chi connectivity index (χ1v) is 6.44. The molecule has 0 fully saturated rings. The monoisotopic (exact) mass is 253 g/mol. The molecule has 0 heterocycles. The van der Waals surface area contributed by atoms with Crippen molar-refractivity contribution in [2.24, 2.45) is 4.99 Å². The van der Waals surface area contributed by atoms with E-state index in [-0.39, 0.29) is 0 Å². The van der Waals surface area contributed by atoms with Crippen LogP contribution in [0.3, 0.4) is 0 Å². The molecule has 2 rings (SSSR count). The molecule has 19 heavy (non-hydrogen) atoms. The van der Waals surface area contributed by atoms with Gasteiger partial charge in [0.25, 0.3) is 0 Å². The maximum atomic E-state index is 10.6. The van der Waals surface area contributed by atoms with E-state index in [0.717, 1.165) is 16.8 Å². The van der Waals surface area contributed by atoms with Crippen molar-refractivity contribution in [3.05, 3.63) is 71.8 Å². The van der Waals surface area contributed by atoms with Crippen LogP contribution >= 0.6 is 0 Å². The highest BCUT2D eigenvalue weighted by atomic mass is 16.3. The van der Waals surface area contributed by atoms with Gasteiger partial charge in [0.2, 0.25) is 0 Å². The summed E-state index contributed by atoms with van der Waals surface area (Å²) in [5, 5.41) is 10.6. The van der Waals surface area contributed by atoms with Gasteiger partial charge in [0.15, 0.2) is 0 Å². The molecule has 0 amide bonds. The van der Waals surface area contributed by atoms with Crippen LogP contribution in [-0.2, 0) is 12.1 Å². The Morgan fingerprint density at radius 2 is 1.53 bits per heavy atom. The lowest BCUT2D eigenvalue weighted by atomic mass is 9.91. The Balaban J connectivity index is 2.16. The maximum Gasteiger partial charge on any atom is 0.124 e. The van der Waals surface area contributed by atoms with Gasteiger partial charge < -0.3 is 5.11 Å². The number of hydrogen-bond acceptors (Lipinski definition) is 2. The van der Waals surface area contributed by atoms with Crippen molar-refractivity contribution in [3.8, 4) is 0 Å². The predicted molar refractivity (Wildman–Crippen MR) is 79.3 cm³/mol. The molecular formula is C17H19NO. The normalized spacial score (nSPS) is 15.0. The molecule has 2 nitrogen and oxygen atoms in total. The van der Waals surface area contributed by atoms with Gasteiger partial charge >= 0.3 is 0 Å². The fraction of sp³-hybridized carbons (Fsp3) is 0.235. The van der Waals surface area contributed by atoms with Gasteiger partial charge in [-0.15, -0.1) is 0 Å². The van der Waals surface area contributed by atoms with Crippen molar-refractivity contribution in [3.63, 3.8) is 0 Å². The van der Waals surface area contributed by atoms with E-state index in [4.69, 9.17) is 0 Å². The van der Waals surface area contributed by atoms with Crippen molar-refractivity contribution in [1.82, 2.24) is 0 Å². The van der Waals surface area contributed by atoms with E-state index in [1.54, 1.807) is 6.92 Å². The third-order valence-corrected chi connectivity index (χ3v) is 3.38. The van der Waals surface area contributed by atoms with Crippen LogP contribution < -0.4 is 0 Å². The molecule has 0 saturated carbocycles. The molecule has 2 heteroatoms. The van der Waals surface area contributed by atoms with Crippen LogP contribution in [0.25, 0.3) is 0 Å². The highest BCUT2D eigenvalue weighted by molar-refractivity contribution is 5.90. The van der Waals surface area contributed by atoms with Gasteiger partial charge in [-0.1, -0.05) is 60.7 Å². The SMILES string of the molecule is CC(=NCc1ccccc1)[C@](C)(O)c1ccccc1. The summed E-state index contributed by atoms with van der Waals surface area (Å²) in [6, 6.07) is 19.7. The molecule has 0 aromatic heterocycles. The van der Waals surface area contributed by atoms with E-state index >= 15 is 0 Å². The lowest BCUT2D eigenvalue weighted by molar-refractivity contribution is 0.132. The molecule has 2 aromatic carbocycles. The van der Waals surface area contributed by atoms with Crippen LogP contribution in [0.5, 0.6) is 0 Å². The molecule has 0 spiro atoms. The standard InChI is InChI=1S/C17H19NO/c1-14(18-13-15-9-5-3-6-10-15)17(2,19)16-11-7-4-8-12-16/h3-12,19H,13H2,1-2H3/t17-/m0/s1. The minimum absolute atomic E-state index is 0.593. The van der Waals surface area contributed by atoms with E-state index in [1.807, 2.05) is 67.6 Å². The first-order chi connectivity index (χ1) is 9.10. The highest BCUT2D eigenvalue weighted by Crippen LogP contribution is 2.22. The zero-order valence-electron chi connectivity index (χ0n) is 11.4. The van der Waals surface area contributed by atoms with Crippen molar-refractivity contribution in [2.75, 3.05) is 0 Å². The number of rotatable bonds is 4. The molecule has 0 aliphatic heterocycles. The predicted octanol–water partition coefficient (Wildman–Crippen LogP) is 3.56. The fourth-order valence-corrected chi connectivity index (χ4v) is 1.92. The van der Waals surface area contributed by atoms with Gasteiger partial charge in [-0.05, 0) is 25.0 Å². The number of benzene rings is 2. The smallest absolute Gasteiger partial charge is 0.124 e. The first-order valence-electron chi connectivity index (χ1n) is 6.44. The Bertz CT molecular complexity index is 544. The second-order valence-corrected chi connectivity index (χ2v) is 4.83. The molecule has 0 aliphatic carbocycles. The molecular weight excluding hydrogens is 234 g/mol. The van der Waals surface area contributed by atoms with E-state index < -0.39 is 5.60 Å². The molecule has 98 valence electrons. The Labute approximate surface area is 114 Å². The van der Waals surface area contributed by atoms with E-state index in [9.17, 15) is 5.11 Å². The van der Waals surface area contributed by atoms with Crippen LogP contribution in [0, 0.1) is 0 Å². The summed E-state index contributed by atoms with van der Waals surface area (Å²) in [6.07, 6.45) is 0. The number of hydrogen-bond donors (Lipinski definition) is 1. The average molecular weight is 253 g/mol. The van der Waals surface area contributed by atoms with Crippen LogP contribution in [0.4, 0.5) is 0 Å². The van der Waals surface area contributed by atoms with Crippen molar-refractivity contribution < 1.29 is 5.11 Å². The number of aliphatic hydroxyl groups is 1. The van der Waals surface area contributed by atoms with Gasteiger partial charge in [-0.25, -0.2) is 0 Å². The second kappa shape index (κ2) is 5.81. The van der Waals surface area contributed by atoms with Gasteiger partial charge in [-0.3, -0.25) is 4.99 Å².